The maximum absolute atomic E-state index is 12.5. The molecule has 2 amide bonds. The topological polar surface area (TPSA) is 113 Å². The van der Waals surface area contributed by atoms with Crippen LogP contribution in [-0.4, -0.2) is 23.4 Å². The van der Waals surface area contributed by atoms with Gasteiger partial charge in [0.2, 0.25) is 5.43 Å². The van der Waals surface area contributed by atoms with Crippen molar-refractivity contribution in [3.05, 3.63) is 68.9 Å². The number of hydrogen-bond acceptors (Lipinski definition) is 5. The van der Waals surface area contributed by atoms with Crippen molar-refractivity contribution in [2.45, 2.75) is 13.5 Å². The van der Waals surface area contributed by atoms with Crippen molar-refractivity contribution < 1.29 is 18.7 Å². The molecule has 0 aliphatic carbocycles. The number of hydrazine groups is 1. The number of hydrogen-bond donors (Lipinski definition) is 3. The highest BCUT2D eigenvalue weighted by atomic mass is 35.5. The summed E-state index contributed by atoms with van der Waals surface area (Å²) < 4.78 is 10.5. The van der Waals surface area contributed by atoms with Gasteiger partial charge in [-0.05, 0) is 37.3 Å². The number of amides is 2. The van der Waals surface area contributed by atoms with E-state index in [2.05, 4.69) is 15.8 Å². The molecule has 0 aliphatic rings. The van der Waals surface area contributed by atoms with Crippen LogP contribution >= 0.6 is 11.6 Å². The third kappa shape index (κ3) is 4.18. The largest absolute Gasteiger partial charge is 0.453 e. The van der Waals surface area contributed by atoms with Gasteiger partial charge in [0.05, 0.1) is 0 Å². The van der Waals surface area contributed by atoms with Crippen LogP contribution in [0.2, 0.25) is 5.02 Å². The number of halogens is 1. The van der Waals surface area contributed by atoms with Gasteiger partial charge in [0.1, 0.15) is 17.9 Å². The summed E-state index contributed by atoms with van der Waals surface area (Å²) in [5.41, 5.74) is 4.26. The Labute approximate surface area is 158 Å². The van der Waals surface area contributed by atoms with E-state index >= 15 is 0 Å². The maximum Gasteiger partial charge on any atom is 0.305 e. The van der Waals surface area contributed by atoms with Crippen molar-refractivity contribution in [1.29, 1.82) is 0 Å². The summed E-state index contributed by atoms with van der Waals surface area (Å²) in [7, 11) is 0. The molecule has 0 spiro atoms. The van der Waals surface area contributed by atoms with Crippen molar-refractivity contribution in [3.63, 3.8) is 0 Å². The van der Waals surface area contributed by atoms with E-state index in [9.17, 15) is 14.4 Å². The number of fused-ring (bicyclic) bond motifs is 1. The summed E-state index contributed by atoms with van der Waals surface area (Å²) in [5.74, 6) is -0.945. The van der Waals surface area contributed by atoms with Crippen LogP contribution in [0.15, 0.2) is 45.7 Å². The number of aromatic amines is 1. The van der Waals surface area contributed by atoms with Crippen LogP contribution in [-0.2, 0) is 11.3 Å². The molecule has 0 aliphatic heterocycles. The minimum atomic E-state index is -0.771. The van der Waals surface area contributed by atoms with E-state index in [4.69, 9.17) is 20.8 Å². The molecule has 2 aromatic heterocycles. The van der Waals surface area contributed by atoms with Crippen LogP contribution in [0.3, 0.4) is 0 Å². The molecule has 8 nitrogen and oxygen atoms in total. The average Bonchev–Trinajstić information content (AvgIpc) is 3.14. The summed E-state index contributed by atoms with van der Waals surface area (Å²) in [6, 6.07) is 7.79. The van der Waals surface area contributed by atoms with Crippen molar-refractivity contribution in [3.8, 4) is 0 Å². The monoisotopic (exact) mass is 389 g/mol. The van der Waals surface area contributed by atoms with Gasteiger partial charge in [-0.25, -0.2) is 0 Å². The number of benzene rings is 1. The van der Waals surface area contributed by atoms with Crippen LogP contribution in [0.4, 0.5) is 0 Å². The second kappa shape index (κ2) is 8.07. The van der Waals surface area contributed by atoms with Gasteiger partial charge in [0.15, 0.2) is 5.76 Å². The quantitative estimate of drug-likeness (QED) is 0.580. The molecule has 0 radical (unpaired) electrons. The van der Waals surface area contributed by atoms with Crippen molar-refractivity contribution >= 4 is 34.3 Å². The Morgan fingerprint density at radius 1 is 1.19 bits per heavy atom. The molecule has 140 valence electrons. The Bertz CT molecular complexity index is 1060. The zero-order valence-electron chi connectivity index (χ0n) is 14.3. The lowest BCUT2D eigenvalue weighted by Gasteiger charge is -2.07. The van der Waals surface area contributed by atoms with Crippen molar-refractivity contribution in [2.24, 2.45) is 0 Å². The van der Waals surface area contributed by atoms with Gasteiger partial charge >= 0.3 is 5.91 Å². The van der Waals surface area contributed by atoms with Gasteiger partial charge in [-0.2, -0.15) is 0 Å². The Kier molecular flexibility index (Phi) is 5.58. The van der Waals surface area contributed by atoms with Gasteiger partial charge in [0, 0.05) is 28.7 Å². The molecule has 1 aromatic carbocycles. The van der Waals surface area contributed by atoms with Crippen LogP contribution in [0.1, 0.15) is 33.6 Å². The lowest BCUT2D eigenvalue weighted by atomic mass is 10.1. The first-order chi connectivity index (χ1) is 13.0. The molecule has 0 saturated carbocycles. The normalized spacial score (nSPS) is 10.7. The van der Waals surface area contributed by atoms with E-state index in [0.29, 0.717) is 22.9 Å². The van der Waals surface area contributed by atoms with E-state index in [-0.39, 0.29) is 23.3 Å². The summed E-state index contributed by atoms with van der Waals surface area (Å²) in [6.45, 7) is 2.60. The maximum atomic E-state index is 12.5. The van der Waals surface area contributed by atoms with Crippen LogP contribution in [0.25, 0.3) is 10.9 Å². The number of carbonyl (C=O) groups excluding carboxylic acids is 2. The highest BCUT2D eigenvalue weighted by molar-refractivity contribution is 6.31. The Balaban J connectivity index is 1.69. The van der Waals surface area contributed by atoms with Crippen LogP contribution in [0.5, 0.6) is 0 Å². The SMILES string of the molecule is CCOCc1ccc(C(=O)NNC(=O)c2c[nH]c3ccc(Cl)cc3c2=O)o1. The predicted octanol–water partition coefficient (Wildman–Crippen LogP) is 2.39. The second-order valence-corrected chi connectivity index (χ2v) is 5.97. The summed E-state index contributed by atoms with van der Waals surface area (Å²) in [4.78, 5) is 39.6. The fourth-order valence-corrected chi connectivity index (χ4v) is 2.55. The third-order valence-electron chi connectivity index (χ3n) is 3.71. The minimum absolute atomic E-state index is 0.00389. The van der Waals surface area contributed by atoms with E-state index in [1.165, 1.54) is 18.3 Å². The zero-order valence-corrected chi connectivity index (χ0v) is 15.1. The Hall–Kier alpha value is -3.10. The first-order valence-electron chi connectivity index (χ1n) is 8.07. The molecule has 0 unspecified atom stereocenters. The number of carbonyl (C=O) groups is 2. The molecular weight excluding hydrogens is 374 g/mol. The van der Waals surface area contributed by atoms with Gasteiger partial charge in [-0.1, -0.05) is 11.6 Å². The summed E-state index contributed by atoms with van der Waals surface area (Å²) in [6.07, 6.45) is 1.27. The van der Waals surface area contributed by atoms with Crippen molar-refractivity contribution in [1.82, 2.24) is 15.8 Å². The third-order valence-corrected chi connectivity index (χ3v) is 3.95. The zero-order chi connectivity index (χ0) is 19.4. The van der Waals surface area contributed by atoms with Gasteiger partial charge in [-0.15, -0.1) is 0 Å². The van der Waals surface area contributed by atoms with Crippen molar-refractivity contribution in [2.75, 3.05) is 6.61 Å². The van der Waals surface area contributed by atoms with Crippen LogP contribution < -0.4 is 16.3 Å². The lowest BCUT2D eigenvalue weighted by Crippen LogP contribution is -2.43. The fraction of sp³-hybridized carbons (Fsp3) is 0.167. The Morgan fingerprint density at radius 2 is 1.96 bits per heavy atom. The molecular formula is C18H16ClN3O5. The number of ether oxygens (including phenoxy) is 1. The summed E-state index contributed by atoms with van der Waals surface area (Å²) >= 11 is 5.90. The van der Waals surface area contributed by atoms with Crippen LogP contribution in [0, 0.1) is 0 Å². The lowest BCUT2D eigenvalue weighted by molar-refractivity contribution is 0.0820. The molecule has 0 bridgehead atoms. The van der Waals surface area contributed by atoms with E-state index in [0.717, 1.165) is 0 Å². The van der Waals surface area contributed by atoms with Gasteiger partial charge in [-0.3, -0.25) is 25.2 Å². The van der Waals surface area contributed by atoms with E-state index < -0.39 is 17.2 Å². The first kappa shape index (κ1) is 18.7. The fourth-order valence-electron chi connectivity index (χ4n) is 2.38. The smallest absolute Gasteiger partial charge is 0.305 e. The number of pyridine rings is 1. The number of furan rings is 1. The van der Waals surface area contributed by atoms with E-state index in [1.54, 1.807) is 18.2 Å². The molecule has 9 heteroatoms. The average molecular weight is 390 g/mol. The summed E-state index contributed by atoms with van der Waals surface area (Å²) in [5, 5.41) is 0.646. The molecule has 27 heavy (non-hydrogen) atoms. The van der Waals surface area contributed by atoms with Gasteiger partial charge in [0.25, 0.3) is 5.91 Å². The molecule has 3 aromatic rings. The first-order valence-corrected chi connectivity index (χ1v) is 8.45. The number of nitrogens with one attached hydrogen (secondary N) is 3. The van der Waals surface area contributed by atoms with E-state index in [1.807, 2.05) is 6.92 Å². The molecule has 3 N–H and O–H groups in total. The number of aromatic nitrogens is 1. The number of H-pyrrole nitrogens is 1. The highest BCUT2D eigenvalue weighted by Gasteiger charge is 2.16. The Morgan fingerprint density at radius 3 is 2.74 bits per heavy atom. The molecule has 0 fully saturated rings. The predicted molar refractivity (Wildman–Crippen MR) is 98.5 cm³/mol. The molecule has 0 atom stereocenters. The molecule has 2 heterocycles. The minimum Gasteiger partial charge on any atom is -0.453 e. The highest BCUT2D eigenvalue weighted by Crippen LogP contribution is 2.15. The van der Waals surface area contributed by atoms with Gasteiger partial charge < -0.3 is 14.1 Å². The number of rotatable bonds is 5. The standard InChI is InChI=1S/C18H16ClN3O5/c1-2-26-9-11-4-6-15(27-11)18(25)22-21-17(24)13-8-20-14-5-3-10(19)7-12(14)16(13)23/h3-8H,2,9H2,1H3,(H,20,23)(H,21,24)(H,22,25). The molecule has 3 rings (SSSR count). The molecule has 0 saturated heterocycles. The second-order valence-electron chi connectivity index (χ2n) is 5.53.